The van der Waals surface area contributed by atoms with Crippen LogP contribution in [0.15, 0.2) is 57.9 Å². The molecule has 9 heteroatoms. The molecular weight excluding hydrogens is 492 g/mol. The predicted molar refractivity (Wildman–Crippen MR) is 126 cm³/mol. The van der Waals surface area contributed by atoms with E-state index in [2.05, 4.69) is 0 Å². The molecule has 0 radical (unpaired) electrons. The first-order chi connectivity index (χ1) is 13.8. The number of nitrogens with zero attached hydrogens (tertiary/aromatic N) is 1. The lowest BCUT2D eigenvalue weighted by atomic mass is 10.2. The Bertz CT molecular complexity index is 1190. The Kier molecular flexibility index (Phi) is 5.98. The van der Waals surface area contributed by atoms with Gasteiger partial charge in [0.25, 0.3) is 5.91 Å². The Morgan fingerprint density at radius 3 is 2.45 bits per heavy atom. The van der Waals surface area contributed by atoms with Gasteiger partial charge in [0.05, 0.1) is 25.7 Å². The minimum absolute atomic E-state index is 0.263. The van der Waals surface area contributed by atoms with Crippen LogP contribution in [-0.2, 0) is 4.79 Å². The standard InChI is InChI=1S/C20H9Cl4NO2S2/c21-10-1-4-13(15(23)7-10)17-6-3-12(27-17)9-18-19(26)25(20(28)29-18)11-2-5-14(22)16(24)8-11/h1-9H/b18-9-. The Labute approximate surface area is 196 Å². The van der Waals surface area contributed by atoms with Gasteiger partial charge in [-0.05, 0) is 48.5 Å². The van der Waals surface area contributed by atoms with E-state index in [4.69, 9.17) is 63.0 Å². The van der Waals surface area contributed by atoms with Gasteiger partial charge in [0, 0.05) is 16.7 Å². The maximum absolute atomic E-state index is 12.9. The quantitative estimate of drug-likeness (QED) is 0.269. The number of amides is 1. The van der Waals surface area contributed by atoms with Crippen LogP contribution >= 0.6 is 70.4 Å². The summed E-state index contributed by atoms with van der Waals surface area (Å²) < 4.78 is 6.24. The van der Waals surface area contributed by atoms with E-state index in [-0.39, 0.29) is 5.91 Å². The normalized spacial score (nSPS) is 15.6. The van der Waals surface area contributed by atoms with Crippen LogP contribution in [0.2, 0.25) is 20.1 Å². The third kappa shape index (κ3) is 4.22. The number of carbonyl (C=O) groups is 1. The van der Waals surface area contributed by atoms with Crippen LogP contribution in [0.25, 0.3) is 17.4 Å². The van der Waals surface area contributed by atoms with E-state index in [0.29, 0.717) is 52.1 Å². The lowest BCUT2D eigenvalue weighted by Gasteiger charge is -2.15. The molecule has 0 aliphatic carbocycles. The largest absolute Gasteiger partial charge is 0.457 e. The lowest BCUT2D eigenvalue weighted by molar-refractivity contribution is -0.113. The Morgan fingerprint density at radius 1 is 0.931 bits per heavy atom. The highest BCUT2D eigenvalue weighted by Gasteiger charge is 2.33. The first-order valence-electron chi connectivity index (χ1n) is 8.12. The van der Waals surface area contributed by atoms with Crippen LogP contribution in [0.5, 0.6) is 0 Å². The molecule has 4 rings (SSSR count). The summed E-state index contributed by atoms with van der Waals surface area (Å²) in [7, 11) is 0. The summed E-state index contributed by atoms with van der Waals surface area (Å²) in [5.41, 5.74) is 1.26. The number of furan rings is 1. The third-order valence-corrected chi connectivity index (χ3v) is 6.64. The highest BCUT2D eigenvalue weighted by Crippen LogP contribution is 2.39. The van der Waals surface area contributed by atoms with Crippen molar-refractivity contribution in [1.29, 1.82) is 0 Å². The van der Waals surface area contributed by atoms with Gasteiger partial charge in [-0.25, -0.2) is 0 Å². The third-order valence-electron chi connectivity index (χ3n) is 4.05. The maximum Gasteiger partial charge on any atom is 0.270 e. The van der Waals surface area contributed by atoms with Gasteiger partial charge in [-0.1, -0.05) is 70.4 Å². The van der Waals surface area contributed by atoms with Gasteiger partial charge < -0.3 is 4.42 Å². The molecule has 0 N–H and O–H groups in total. The van der Waals surface area contributed by atoms with Crippen molar-refractivity contribution >= 4 is 92.4 Å². The first-order valence-corrected chi connectivity index (χ1v) is 10.9. The topological polar surface area (TPSA) is 33.5 Å². The second-order valence-corrected chi connectivity index (χ2v) is 9.28. The molecule has 0 atom stereocenters. The number of carbonyl (C=O) groups excluding carboxylic acids is 1. The molecule has 1 aliphatic heterocycles. The zero-order valence-electron chi connectivity index (χ0n) is 14.3. The smallest absolute Gasteiger partial charge is 0.270 e. The zero-order chi connectivity index (χ0) is 20.7. The summed E-state index contributed by atoms with van der Waals surface area (Å²) in [6, 6.07) is 13.6. The lowest BCUT2D eigenvalue weighted by Crippen LogP contribution is -2.27. The highest BCUT2D eigenvalue weighted by atomic mass is 35.5. The molecule has 2 aromatic carbocycles. The second-order valence-electron chi connectivity index (χ2n) is 5.94. The van der Waals surface area contributed by atoms with E-state index in [9.17, 15) is 4.79 Å². The summed E-state index contributed by atoms with van der Waals surface area (Å²) in [6.45, 7) is 0. The van der Waals surface area contributed by atoms with Crippen LogP contribution in [0, 0.1) is 0 Å². The van der Waals surface area contributed by atoms with Crippen LogP contribution < -0.4 is 4.90 Å². The molecule has 3 nitrogen and oxygen atoms in total. The Hall–Kier alpha value is -1.47. The fraction of sp³-hybridized carbons (Fsp3) is 0. The molecule has 146 valence electrons. The minimum Gasteiger partial charge on any atom is -0.457 e. The molecule has 0 unspecified atom stereocenters. The molecule has 1 aromatic heterocycles. The number of hydrogen-bond donors (Lipinski definition) is 0. The molecule has 0 bridgehead atoms. The monoisotopic (exact) mass is 499 g/mol. The number of halogens is 4. The molecule has 1 fully saturated rings. The molecular formula is C20H9Cl4NO2S2. The molecule has 1 aliphatic rings. The predicted octanol–water partition coefficient (Wildman–Crippen LogP) is 7.97. The van der Waals surface area contributed by atoms with Crippen molar-refractivity contribution in [3.63, 3.8) is 0 Å². The zero-order valence-corrected chi connectivity index (χ0v) is 18.9. The summed E-state index contributed by atoms with van der Waals surface area (Å²) in [5.74, 6) is 0.805. The summed E-state index contributed by atoms with van der Waals surface area (Å²) >= 11 is 30.7. The first kappa shape index (κ1) is 20.8. The fourth-order valence-electron chi connectivity index (χ4n) is 2.71. The van der Waals surface area contributed by atoms with E-state index >= 15 is 0 Å². The van der Waals surface area contributed by atoms with Crippen molar-refractivity contribution in [3.05, 3.63) is 79.3 Å². The van der Waals surface area contributed by atoms with Gasteiger partial charge in [0.1, 0.15) is 11.5 Å². The van der Waals surface area contributed by atoms with Crippen molar-refractivity contribution in [3.8, 4) is 11.3 Å². The number of anilines is 1. The number of benzene rings is 2. The average Bonchev–Trinajstić information content (AvgIpc) is 3.22. The van der Waals surface area contributed by atoms with Crippen molar-refractivity contribution in [2.24, 2.45) is 0 Å². The number of thioether (sulfide) groups is 1. The summed E-state index contributed by atoms with van der Waals surface area (Å²) in [6.07, 6.45) is 1.64. The number of hydrogen-bond acceptors (Lipinski definition) is 4. The van der Waals surface area contributed by atoms with Gasteiger partial charge in [-0.3, -0.25) is 9.69 Å². The van der Waals surface area contributed by atoms with E-state index in [0.717, 1.165) is 0 Å². The molecule has 2 heterocycles. The maximum atomic E-state index is 12.9. The minimum atomic E-state index is -0.263. The molecule has 0 spiro atoms. The second kappa shape index (κ2) is 8.34. The van der Waals surface area contributed by atoms with Crippen molar-refractivity contribution < 1.29 is 9.21 Å². The number of thiocarbonyl (C=S) groups is 1. The van der Waals surface area contributed by atoms with E-state index in [1.54, 1.807) is 54.6 Å². The Balaban J connectivity index is 1.62. The van der Waals surface area contributed by atoms with E-state index in [1.807, 2.05) is 0 Å². The van der Waals surface area contributed by atoms with Crippen LogP contribution in [0.1, 0.15) is 5.76 Å². The SMILES string of the molecule is O=C1/C(=C/c2ccc(-c3ccc(Cl)cc3Cl)o2)SC(=S)N1c1ccc(Cl)c(Cl)c1. The fourth-order valence-corrected chi connectivity index (χ4v) is 4.78. The molecule has 1 amide bonds. The van der Waals surface area contributed by atoms with E-state index in [1.165, 1.54) is 16.7 Å². The summed E-state index contributed by atoms with van der Waals surface area (Å²) in [5, 5.41) is 1.76. The van der Waals surface area contributed by atoms with Crippen LogP contribution in [0.3, 0.4) is 0 Å². The van der Waals surface area contributed by atoms with Gasteiger partial charge >= 0.3 is 0 Å². The van der Waals surface area contributed by atoms with Gasteiger partial charge in [-0.15, -0.1) is 0 Å². The Morgan fingerprint density at radius 2 is 1.72 bits per heavy atom. The molecule has 3 aromatic rings. The van der Waals surface area contributed by atoms with Crippen LogP contribution in [-0.4, -0.2) is 10.2 Å². The molecule has 1 saturated heterocycles. The van der Waals surface area contributed by atoms with Gasteiger partial charge in [-0.2, -0.15) is 0 Å². The number of rotatable bonds is 3. The van der Waals surface area contributed by atoms with E-state index < -0.39 is 0 Å². The van der Waals surface area contributed by atoms with Crippen LogP contribution in [0.4, 0.5) is 5.69 Å². The highest BCUT2D eigenvalue weighted by molar-refractivity contribution is 8.27. The van der Waals surface area contributed by atoms with Gasteiger partial charge in [0.15, 0.2) is 4.32 Å². The average molecular weight is 501 g/mol. The van der Waals surface area contributed by atoms with Gasteiger partial charge in [0.2, 0.25) is 0 Å². The van der Waals surface area contributed by atoms with Crippen molar-refractivity contribution in [2.75, 3.05) is 4.90 Å². The molecule has 29 heavy (non-hydrogen) atoms. The van der Waals surface area contributed by atoms with Crippen molar-refractivity contribution in [2.45, 2.75) is 0 Å². The summed E-state index contributed by atoms with van der Waals surface area (Å²) in [4.78, 5) is 14.7. The van der Waals surface area contributed by atoms with Crippen molar-refractivity contribution in [1.82, 2.24) is 0 Å². The molecule has 0 saturated carbocycles.